The van der Waals surface area contributed by atoms with Crippen LogP contribution in [0.2, 0.25) is 0 Å². The number of nitrogens with one attached hydrogen (secondary N) is 2. The standard InChI is InChI=1S/C13H17N3O2/c1-10(17)16-12-5-3-11(4-6-12)13(9-14)15-7-8-18-2/h3-6,13,15H,7-8H2,1-2H3,(H,16,17). The molecule has 5 heteroatoms. The number of benzene rings is 1. The van der Waals surface area contributed by atoms with E-state index in [9.17, 15) is 4.79 Å². The lowest BCUT2D eigenvalue weighted by Gasteiger charge is -2.12. The van der Waals surface area contributed by atoms with Crippen molar-refractivity contribution in [3.8, 4) is 6.07 Å². The zero-order valence-electron chi connectivity index (χ0n) is 10.6. The van der Waals surface area contributed by atoms with E-state index in [-0.39, 0.29) is 11.9 Å². The lowest BCUT2D eigenvalue weighted by molar-refractivity contribution is -0.114. The van der Waals surface area contributed by atoms with Crippen molar-refractivity contribution >= 4 is 11.6 Å². The van der Waals surface area contributed by atoms with Gasteiger partial charge in [0, 0.05) is 26.3 Å². The summed E-state index contributed by atoms with van der Waals surface area (Å²) in [4.78, 5) is 10.9. The Morgan fingerprint density at radius 1 is 1.44 bits per heavy atom. The van der Waals surface area contributed by atoms with Crippen molar-refractivity contribution in [3.63, 3.8) is 0 Å². The van der Waals surface area contributed by atoms with E-state index in [1.165, 1.54) is 6.92 Å². The second-order valence-corrected chi connectivity index (χ2v) is 3.81. The van der Waals surface area contributed by atoms with Gasteiger partial charge in [-0.2, -0.15) is 5.26 Å². The van der Waals surface area contributed by atoms with Gasteiger partial charge in [0.25, 0.3) is 0 Å². The van der Waals surface area contributed by atoms with Crippen LogP contribution in [0, 0.1) is 11.3 Å². The minimum Gasteiger partial charge on any atom is -0.383 e. The fourth-order valence-electron chi connectivity index (χ4n) is 1.51. The van der Waals surface area contributed by atoms with Gasteiger partial charge in [0.2, 0.25) is 5.91 Å². The van der Waals surface area contributed by atoms with Crippen LogP contribution in [-0.2, 0) is 9.53 Å². The Bertz CT molecular complexity index is 423. The van der Waals surface area contributed by atoms with E-state index in [1.807, 2.05) is 12.1 Å². The van der Waals surface area contributed by atoms with Gasteiger partial charge < -0.3 is 10.1 Å². The van der Waals surface area contributed by atoms with Crippen LogP contribution in [0.4, 0.5) is 5.69 Å². The number of nitriles is 1. The first kappa shape index (κ1) is 14.2. The zero-order valence-corrected chi connectivity index (χ0v) is 10.6. The van der Waals surface area contributed by atoms with E-state index in [1.54, 1.807) is 19.2 Å². The molecule has 2 N–H and O–H groups in total. The maximum absolute atomic E-state index is 10.9. The highest BCUT2D eigenvalue weighted by molar-refractivity contribution is 5.88. The number of ether oxygens (including phenoxy) is 1. The summed E-state index contributed by atoms with van der Waals surface area (Å²) >= 11 is 0. The Hall–Kier alpha value is -1.90. The van der Waals surface area contributed by atoms with Crippen molar-refractivity contribution in [1.82, 2.24) is 5.32 Å². The third-order valence-corrected chi connectivity index (χ3v) is 2.35. The number of methoxy groups -OCH3 is 1. The van der Waals surface area contributed by atoms with E-state index in [0.29, 0.717) is 13.2 Å². The van der Waals surface area contributed by atoms with Gasteiger partial charge in [-0.05, 0) is 17.7 Å². The van der Waals surface area contributed by atoms with E-state index in [0.717, 1.165) is 11.3 Å². The number of carbonyl (C=O) groups is 1. The molecule has 0 bridgehead atoms. The molecule has 0 aliphatic carbocycles. The molecule has 0 heterocycles. The highest BCUT2D eigenvalue weighted by Gasteiger charge is 2.09. The minimum absolute atomic E-state index is 0.113. The van der Waals surface area contributed by atoms with E-state index in [2.05, 4.69) is 16.7 Å². The molecule has 1 aromatic carbocycles. The SMILES string of the molecule is COCCNC(C#N)c1ccc(NC(C)=O)cc1. The molecule has 96 valence electrons. The molecular formula is C13H17N3O2. The Morgan fingerprint density at radius 3 is 2.61 bits per heavy atom. The average molecular weight is 247 g/mol. The largest absolute Gasteiger partial charge is 0.383 e. The Balaban J connectivity index is 2.64. The van der Waals surface area contributed by atoms with Crippen molar-refractivity contribution < 1.29 is 9.53 Å². The maximum Gasteiger partial charge on any atom is 0.221 e. The van der Waals surface area contributed by atoms with Crippen LogP contribution in [-0.4, -0.2) is 26.2 Å². The van der Waals surface area contributed by atoms with Gasteiger partial charge in [-0.15, -0.1) is 0 Å². The number of nitrogens with zero attached hydrogens (tertiary/aromatic N) is 1. The van der Waals surface area contributed by atoms with Crippen LogP contribution >= 0.6 is 0 Å². The lowest BCUT2D eigenvalue weighted by atomic mass is 10.1. The summed E-state index contributed by atoms with van der Waals surface area (Å²) in [5.41, 5.74) is 1.59. The first-order chi connectivity index (χ1) is 8.67. The monoisotopic (exact) mass is 247 g/mol. The highest BCUT2D eigenvalue weighted by atomic mass is 16.5. The molecule has 0 saturated heterocycles. The number of carbonyl (C=O) groups excluding carboxylic acids is 1. The van der Waals surface area contributed by atoms with E-state index >= 15 is 0 Å². The van der Waals surface area contributed by atoms with Crippen LogP contribution in [0.15, 0.2) is 24.3 Å². The summed E-state index contributed by atoms with van der Waals surface area (Å²) in [6, 6.07) is 9.01. The predicted molar refractivity (Wildman–Crippen MR) is 69.0 cm³/mol. The smallest absolute Gasteiger partial charge is 0.221 e. The van der Waals surface area contributed by atoms with Crippen molar-refractivity contribution in [3.05, 3.63) is 29.8 Å². The van der Waals surface area contributed by atoms with Crippen molar-refractivity contribution in [2.75, 3.05) is 25.6 Å². The van der Waals surface area contributed by atoms with Crippen LogP contribution in [0.1, 0.15) is 18.5 Å². The number of rotatable bonds is 6. The summed E-state index contributed by atoms with van der Waals surface area (Å²) in [5, 5.41) is 14.8. The molecule has 18 heavy (non-hydrogen) atoms. The molecule has 1 unspecified atom stereocenters. The van der Waals surface area contributed by atoms with E-state index in [4.69, 9.17) is 10.00 Å². The zero-order chi connectivity index (χ0) is 13.4. The van der Waals surface area contributed by atoms with Gasteiger partial charge in [-0.25, -0.2) is 0 Å². The molecule has 0 aromatic heterocycles. The van der Waals surface area contributed by atoms with Crippen LogP contribution in [0.5, 0.6) is 0 Å². The molecule has 0 fully saturated rings. The van der Waals surface area contributed by atoms with Gasteiger partial charge in [0.1, 0.15) is 6.04 Å². The normalized spacial score (nSPS) is 11.6. The number of hydrogen-bond acceptors (Lipinski definition) is 4. The quantitative estimate of drug-likeness (QED) is 0.746. The second kappa shape index (κ2) is 7.43. The Morgan fingerprint density at radius 2 is 2.11 bits per heavy atom. The summed E-state index contributed by atoms with van der Waals surface area (Å²) in [5.74, 6) is -0.113. The fraction of sp³-hybridized carbons (Fsp3) is 0.385. The minimum atomic E-state index is -0.369. The van der Waals surface area contributed by atoms with Crippen LogP contribution < -0.4 is 10.6 Å². The molecule has 1 aromatic rings. The molecular weight excluding hydrogens is 230 g/mol. The maximum atomic E-state index is 10.9. The molecule has 5 nitrogen and oxygen atoms in total. The average Bonchev–Trinajstić information content (AvgIpc) is 2.35. The molecule has 1 atom stereocenters. The second-order valence-electron chi connectivity index (χ2n) is 3.81. The third-order valence-electron chi connectivity index (χ3n) is 2.35. The van der Waals surface area contributed by atoms with E-state index < -0.39 is 0 Å². The number of amides is 1. The molecule has 0 aliphatic rings. The molecule has 0 aliphatic heterocycles. The summed E-state index contributed by atoms with van der Waals surface area (Å²) < 4.78 is 4.92. The number of hydrogen-bond donors (Lipinski definition) is 2. The summed E-state index contributed by atoms with van der Waals surface area (Å²) in [6.07, 6.45) is 0. The van der Waals surface area contributed by atoms with Gasteiger partial charge in [-0.1, -0.05) is 12.1 Å². The first-order valence-corrected chi connectivity index (χ1v) is 5.67. The molecule has 1 rings (SSSR count). The van der Waals surface area contributed by atoms with Crippen molar-refractivity contribution in [1.29, 1.82) is 5.26 Å². The van der Waals surface area contributed by atoms with Crippen LogP contribution in [0.3, 0.4) is 0 Å². The van der Waals surface area contributed by atoms with Gasteiger partial charge in [0.15, 0.2) is 0 Å². The fourth-order valence-corrected chi connectivity index (χ4v) is 1.51. The topological polar surface area (TPSA) is 74.2 Å². The van der Waals surface area contributed by atoms with Gasteiger partial charge in [0.05, 0.1) is 12.7 Å². The Kier molecular flexibility index (Phi) is 5.85. The van der Waals surface area contributed by atoms with Gasteiger partial charge >= 0.3 is 0 Å². The lowest BCUT2D eigenvalue weighted by Crippen LogP contribution is -2.23. The molecule has 1 amide bonds. The Labute approximate surface area is 107 Å². The van der Waals surface area contributed by atoms with Gasteiger partial charge in [-0.3, -0.25) is 10.1 Å². The molecule has 0 saturated carbocycles. The predicted octanol–water partition coefficient (Wildman–Crippen LogP) is 1.45. The highest BCUT2D eigenvalue weighted by Crippen LogP contribution is 2.15. The third kappa shape index (κ3) is 4.53. The molecule has 0 radical (unpaired) electrons. The molecule has 0 spiro atoms. The number of anilines is 1. The van der Waals surface area contributed by atoms with Crippen molar-refractivity contribution in [2.45, 2.75) is 13.0 Å². The van der Waals surface area contributed by atoms with Crippen molar-refractivity contribution in [2.24, 2.45) is 0 Å². The summed E-state index contributed by atoms with van der Waals surface area (Å²) in [7, 11) is 1.62. The summed E-state index contributed by atoms with van der Waals surface area (Å²) in [6.45, 7) is 2.63. The first-order valence-electron chi connectivity index (χ1n) is 5.67. The van der Waals surface area contributed by atoms with Crippen LogP contribution in [0.25, 0.3) is 0 Å².